The summed E-state index contributed by atoms with van der Waals surface area (Å²) in [5.41, 5.74) is 1.03. The molecule has 22 heavy (non-hydrogen) atoms. The van der Waals surface area contributed by atoms with Gasteiger partial charge >= 0.3 is 0 Å². The molecule has 5 nitrogen and oxygen atoms in total. The Bertz CT molecular complexity index is 628. The second-order valence-electron chi connectivity index (χ2n) is 5.37. The Hall–Kier alpha value is -2.14. The van der Waals surface area contributed by atoms with Gasteiger partial charge in [0.2, 0.25) is 5.95 Å². The van der Waals surface area contributed by atoms with Gasteiger partial charge in [0.25, 0.3) is 5.91 Å². The fourth-order valence-electron chi connectivity index (χ4n) is 1.78. The highest BCUT2D eigenvalue weighted by Gasteiger charge is 2.08. The number of halogens is 1. The monoisotopic (exact) mass is 318 g/mol. The van der Waals surface area contributed by atoms with E-state index in [2.05, 4.69) is 34.4 Å². The maximum absolute atomic E-state index is 12.1. The van der Waals surface area contributed by atoms with Gasteiger partial charge in [-0.15, -0.1) is 0 Å². The van der Waals surface area contributed by atoms with Gasteiger partial charge < -0.3 is 10.6 Å². The van der Waals surface area contributed by atoms with Crippen molar-refractivity contribution in [3.05, 3.63) is 47.2 Å². The van der Waals surface area contributed by atoms with Crippen molar-refractivity contribution in [1.82, 2.24) is 9.97 Å². The molecule has 0 aliphatic heterocycles. The summed E-state index contributed by atoms with van der Waals surface area (Å²) >= 11 is 5.88. The van der Waals surface area contributed by atoms with Gasteiger partial charge in [-0.3, -0.25) is 4.79 Å². The molecule has 0 saturated carbocycles. The molecule has 1 amide bonds. The highest BCUT2D eigenvalue weighted by Crippen LogP contribution is 2.15. The van der Waals surface area contributed by atoms with Crippen LogP contribution in [-0.4, -0.2) is 22.4 Å². The number of carbonyl (C=O) groups is 1. The normalized spacial score (nSPS) is 10.5. The zero-order chi connectivity index (χ0) is 15.9. The number of nitrogens with zero attached hydrogens (tertiary/aromatic N) is 2. The average Bonchev–Trinajstić information content (AvgIpc) is 2.47. The van der Waals surface area contributed by atoms with Crippen molar-refractivity contribution >= 4 is 29.1 Å². The van der Waals surface area contributed by atoms with Crippen molar-refractivity contribution in [2.75, 3.05) is 17.2 Å². The Kier molecular flexibility index (Phi) is 5.72. The molecule has 0 aliphatic carbocycles. The Balaban J connectivity index is 1.93. The predicted octanol–water partition coefficient (Wildman–Crippen LogP) is 3.84. The zero-order valence-corrected chi connectivity index (χ0v) is 13.4. The topological polar surface area (TPSA) is 66.9 Å². The third-order valence-electron chi connectivity index (χ3n) is 3.00. The van der Waals surface area contributed by atoms with Crippen LogP contribution in [0.25, 0.3) is 0 Å². The second kappa shape index (κ2) is 7.75. The van der Waals surface area contributed by atoms with E-state index in [0.29, 0.717) is 28.1 Å². The predicted molar refractivity (Wildman–Crippen MR) is 89.4 cm³/mol. The average molecular weight is 319 g/mol. The van der Waals surface area contributed by atoms with E-state index in [1.807, 2.05) is 0 Å². The number of benzene rings is 1. The van der Waals surface area contributed by atoms with E-state index in [4.69, 9.17) is 11.6 Å². The van der Waals surface area contributed by atoms with Crippen LogP contribution in [0.15, 0.2) is 36.7 Å². The van der Waals surface area contributed by atoms with Crippen LogP contribution in [0.1, 0.15) is 30.6 Å². The largest absolute Gasteiger partial charge is 0.354 e. The summed E-state index contributed by atoms with van der Waals surface area (Å²) in [6.45, 7) is 5.13. The van der Waals surface area contributed by atoms with E-state index in [1.165, 1.54) is 12.4 Å². The fraction of sp³-hybridized carbons (Fsp3) is 0.312. The molecule has 0 atom stereocenters. The van der Waals surface area contributed by atoms with Gasteiger partial charge in [-0.25, -0.2) is 9.97 Å². The zero-order valence-electron chi connectivity index (χ0n) is 12.6. The number of nitrogens with one attached hydrogen (secondary N) is 2. The van der Waals surface area contributed by atoms with Gasteiger partial charge in [-0.1, -0.05) is 31.5 Å². The molecule has 1 aromatic carbocycles. The van der Waals surface area contributed by atoms with Crippen molar-refractivity contribution in [2.45, 2.75) is 20.3 Å². The smallest absolute Gasteiger partial charge is 0.258 e. The Morgan fingerprint density at radius 2 is 2.00 bits per heavy atom. The molecule has 0 spiro atoms. The number of amides is 1. The number of hydrogen-bond acceptors (Lipinski definition) is 4. The second-order valence-corrected chi connectivity index (χ2v) is 5.81. The van der Waals surface area contributed by atoms with Crippen LogP contribution in [-0.2, 0) is 0 Å². The molecule has 0 aliphatic rings. The summed E-state index contributed by atoms with van der Waals surface area (Å²) in [6.07, 6.45) is 4.05. The minimum absolute atomic E-state index is 0.268. The number of anilines is 2. The van der Waals surface area contributed by atoms with Crippen molar-refractivity contribution in [3.8, 4) is 0 Å². The van der Waals surface area contributed by atoms with Crippen LogP contribution in [0, 0.1) is 5.92 Å². The molecule has 0 radical (unpaired) electrons. The lowest BCUT2D eigenvalue weighted by Gasteiger charge is -2.08. The van der Waals surface area contributed by atoms with Gasteiger partial charge in [0, 0.05) is 29.6 Å². The minimum atomic E-state index is -0.268. The third-order valence-corrected chi connectivity index (χ3v) is 3.24. The molecule has 2 aromatic rings. The molecule has 6 heteroatoms. The molecule has 1 heterocycles. The third kappa shape index (κ3) is 5.00. The molecular formula is C16H19ClN4O. The van der Waals surface area contributed by atoms with Crippen LogP contribution in [0.5, 0.6) is 0 Å². The van der Waals surface area contributed by atoms with E-state index in [9.17, 15) is 4.79 Å². The van der Waals surface area contributed by atoms with Gasteiger partial charge in [0.15, 0.2) is 0 Å². The molecule has 0 unspecified atom stereocenters. The van der Waals surface area contributed by atoms with Crippen molar-refractivity contribution < 1.29 is 4.79 Å². The maximum Gasteiger partial charge on any atom is 0.258 e. The van der Waals surface area contributed by atoms with Crippen LogP contribution < -0.4 is 10.6 Å². The first-order valence-corrected chi connectivity index (χ1v) is 7.55. The summed E-state index contributed by atoms with van der Waals surface area (Å²) < 4.78 is 0. The number of hydrogen-bond donors (Lipinski definition) is 2. The van der Waals surface area contributed by atoms with Gasteiger partial charge in [0.05, 0.1) is 5.56 Å². The van der Waals surface area contributed by atoms with Crippen LogP contribution >= 0.6 is 11.6 Å². The summed E-state index contributed by atoms with van der Waals surface area (Å²) in [6, 6.07) is 6.97. The van der Waals surface area contributed by atoms with E-state index in [0.717, 1.165) is 13.0 Å². The maximum atomic E-state index is 12.1. The lowest BCUT2D eigenvalue weighted by molar-refractivity contribution is 0.102. The first-order valence-electron chi connectivity index (χ1n) is 7.17. The summed E-state index contributed by atoms with van der Waals surface area (Å²) in [5, 5.41) is 6.45. The molecule has 1 aromatic heterocycles. The fourth-order valence-corrected chi connectivity index (χ4v) is 1.97. The molecule has 0 bridgehead atoms. The van der Waals surface area contributed by atoms with Crippen LogP contribution in [0.3, 0.4) is 0 Å². The first kappa shape index (κ1) is 16.2. The van der Waals surface area contributed by atoms with Gasteiger partial charge in [-0.05, 0) is 30.5 Å². The van der Waals surface area contributed by atoms with Gasteiger partial charge in [-0.2, -0.15) is 0 Å². The Morgan fingerprint density at radius 1 is 1.27 bits per heavy atom. The van der Waals surface area contributed by atoms with Crippen molar-refractivity contribution in [2.24, 2.45) is 5.92 Å². The number of aromatic nitrogens is 2. The number of carbonyl (C=O) groups excluding carboxylic acids is 1. The summed E-state index contributed by atoms with van der Waals surface area (Å²) in [7, 11) is 0. The first-order chi connectivity index (χ1) is 10.5. The summed E-state index contributed by atoms with van der Waals surface area (Å²) in [4.78, 5) is 20.4. The van der Waals surface area contributed by atoms with Gasteiger partial charge in [0.1, 0.15) is 0 Å². The van der Waals surface area contributed by atoms with Crippen molar-refractivity contribution in [3.63, 3.8) is 0 Å². The Morgan fingerprint density at radius 3 is 2.64 bits per heavy atom. The van der Waals surface area contributed by atoms with Crippen LogP contribution in [0.4, 0.5) is 11.6 Å². The molecule has 0 saturated heterocycles. The van der Waals surface area contributed by atoms with E-state index >= 15 is 0 Å². The van der Waals surface area contributed by atoms with E-state index < -0.39 is 0 Å². The molecule has 116 valence electrons. The lowest BCUT2D eigenvalue weighted by atomic mass is 10.1. The molecular weight excluding hydrogens is 300 g/mol. The number of rotatable bonds is 6. The molecule has 2 N–H and O–H groups in total. The van der Waals surface area contributed by atoms with Crippen LogP contribution in [0.2, 0.25) is 5.02 Å². The van der Waals surface area contributed by atoms with E-state index in [-0.39, 0.29) is 5.91 Å². The Labute approximate surface area is 135 Å². The highest BCUT2D eigenvalue weighted by molar-refractivity contribution is 6.30. The summed E-state index contributed by atoms with van der Waals surface area (Å²) in [5.74, 6) is 0.881. The van der Waals surface area contributed by atoms with E-state index in [1.54, 1.807) is 24.3 Å². The minimum Gasteiger partial charge on any atom is -0.354 e. The highest BCUT2D eigenvalue weighted by atomic mass is 35.5. The standard InChI is InChI=1S/C16H19ClN4O/c1-11(2)6-7-18-16-19-9-12(10-20-16)15(22)21-14-5-3-4-13(17)8-14/h3-5,8-11H,6-7H2,1-2H3,(H,21,22)(H,18,19,20). The lowest BCUT2D eigenvalue weighted by Crippen LogP contribution is -2.14. The molecule has 0 fully saturated rings. The molecule has 2 rings (SSSR count). The van der Waals surface area contributed by atoms with Crippen molar-refractivity contribution in [1.29, 1.82) is 0 Å². The SMILES string of the molecule is CC(C)CCNc1ncc(C(=O)Nc2cccc(Cl)c2)cn1. The quantitative estimate of drug-likeness (QED) is 0.849.